The first kappa shape index (κ1) is 18.8. The maximum Gasteiger partial charge on any atom is 0.225 e. The first-order valence-electron chi connectivity index (χ1n) is 9.51. The number of carbonyl (C=O) groups is 1. The van der Waals surface area contributed by atoms with E-state index in [2.05, 4.69) is 48.0 Å². The standard InChI is InChI=1S/C20H33N3O/c1-4-23(5-2)18-10-11-19(17(3)16-18)21-20(24)12-15-22-13-8-6-7-9-14-22/h10-11,16H,4-9,12-15H2,1-3H3,(H,21,24). The largest absolute Gasteiger partial charge is 0.372 e. The molecule has 0 spiro atoms. The fourth-order valence-electron chi connectivity index (χ4n) is 3.41. The van der Waals surface area contributed by atoms with Crippen LogP contribution in [0.15, 0.2) is 18.2 Å². The molecule has 1 aliphatic rings. The molecule has 24 heavy (non-hydrogen) atoms. The molecule has 4 nitrogen and oxygen atoms in total. The Bertz CT molecular complexity index is 518. The highest BCUT2D eigenvalue weighted by Gasteiger charge is 2.12. The Morgan fingerprint density at radius 2 is 1.79 bits per heavy atom. The van der Waals surface area contributed by atoms with E-state index in [-0.39, 0.29) is 5.91 Å². The van der Waals surface area contributed by atoms with Crippen molar-refractivity contribution in [1.29, 1.82) is 0 Å². The third kappa shape index (κ3) is 5.52. The van der Waals surface area contributed by atoms with Crippen molar-refractivity contribution in [2.24, 2.45) is 0 Å². The minimum atomic E-state index is 0.123. The van der Waals surface area contributed by atoms with Crippen molar-refractivity contribution in [2.45, 2.75) is 52.9 Å². The average Bonchev–Trinajstić information content (AvgIpc) is 2.85. The van der Waals surface area contributed by atoms with Gasteiger partial charge in [0.25, 0.3) is 0 Å². The van der Waals surface area contributed by atoms with Gasteiger partial charge in [-0.05, 0) is 70.5 Å². The molecule has 0 aromatic heterocycles. The van der Waals surface area contributed by atoms with Crippen molar-refractivity contribution >= 4 is 17.3 Å². The first-order chi connectivity index (χ1) is 11.6. The Morgan fingerprint density at radius 1 is 1.12 bits per heavy atom. The van der Waals surface area contributed by atoms with E-state index < -0.39 is 0 Å². The van der Waals surface area contributed by atoms with E-state index in [1.54, 1.807) is 0 Å². The minimum absolute atomic E-state index is 0.123. The highest BCUT2D eigenvalue weighted by molar-refractivity contribution is 5.91. The molecule has 1 amide bonds. The molecule has 0 aliphatic carbocycles. The van der Waals surface area contributed by atoms with Gasteiger partial charge < -0.3 is 15.1 Å². The molecule has 0 bridgehead atoms. The molecule has 0 radical (unpaired) electrons. The van der Waals surface area contributed by atoms with E-state index in [0.29, 0.717) is 6.42 Å². The number of hydrogen-bond donors (Lipinski definition) is 1. The zero-order chi connectivity index (χ0) is 17.4. The highest BCUT2D eigenvalue weighted by Crippen LogP contribution is 2.23. The maximum absolute atomic E-state index is 12.3. The predicted octanol–water partition coefficient (Wildman–Crippen LogP) is 4.05. The average molecular weight is 332 g/mol. The van der Waals surface area contributed by atoms with Gasteiger partial charge in [-0.1, -0.05) is 12.8 Å². The van der Waals surface area contributed by atoms with Crippen LogP contribution in [-0.4, -0.2) is 43.5 Å². The molecular formula is C20H33N3O. The Morgan fingerprint density at radius 3 is 2.38 bits per heavy atom. The van der Waals surface area contributed by atoms with Crippen LogP contribution in [0.25, 0.3) is 0 Å². The topological polar surface area (TPSA) is 35.6 Å². The van der Waals surface area contributed by atoms with Gasteiger partial charge >= 0.3 is 0 Å². The van der Waals surface area contributed by atoms with Crippen molar-refractivity contribution in [3.63, 3.8) is 0 Å². The summed E-state index contributed by atoms with van der Waals surface area (Å²) in [4.78, 5) is 17.0. The van der Waals surface area contributed by atoms with Gasteiger partial charge in [-0.3, -0.25) is 4.79 Å². The second kappa shape index (κ2) is 9.67. The van der Waals surface area contributed by atoms with Crippen LogP contribution in [0.4, 0.5) is 11.4 Å². The van der Waals surface area contributed by atoms with E-state index in [1.807, 2.05) is 6.07 Å². The Hall–Kier alpha value is -1.55. The van der Waals surface area contributed by atoms with Gasteiger partial charge in [0, 0.05) is 37.4 Å². The molecule has 1 heterocycles. The molecule has 0 saturated carbocycles. The number of amides is 1. The zero-order valence-electron chi connectivity index (χ0n) is 15.6. The summed E-state index contributed by atoms with van der Waals surface area (Å²) in [6.45, 7) is 11.6. The molecular weight excluding hydrogens is 298 g/mol. The normalized spacial score (nSPS) is 15.8. The third-order valence-corrected chi connectivity index (χ3v) is 4.97. The van der Waals surface area contributed by atoms with Crippen molar-refractivity contribution in [3.8, 4) is 0 Å². The van der Waals surface area contributed by atoms with Crippen LogP contribution in [0.2, 0.25) is 0 Å². The molecule has 1 fully saturated rings. The number of aryl methyl sites for hydroxylation is 1. The lowest BCUT2D eigenvalue weighted by Crippen LogP contribution is -2.28. The van der Waals surface area contributed by atoms with E-state index in [9.17, 15) is 4.79 Å². The van der Waals surface area contributed by atoms with Crippen molar-refractivity contribution in [2.75, 3.05) is 42.9 Å². The molecule has 1 aliphatic heterocycles. The van der Waals surface area contributed by atoms with Gasteiger partial charge in [-0.25, -0.2) is 0 Å². The molecule has 0 unspecified atom stereocenters. The molecule has 1 N–H and O–H groups in total. The lowest BCUT2D eigenvalue weighted by atomic mass is 10.1. The van der Waals surface area contributed by atoms with E-state index in [0.717, 1.165) is 44.0 Å². The quantitative estimate of drug-likeness (QED) is 0.819. The summed E-state index contributed by atoms with van der Waals surface area (Å²) in [6, 6.07) is 6.30. The van der Waals surface area contributed by atoms with Crippen LogP contribution in [0.5, 0.6) is 0 Å². The number of carbonyl (C=O) groups excluding carboxylic acids is 1. The Kier molecular flexibility index (Phi) is 7.57. The lowest BCUT2D eigenvalue weighted by Gasteiger charge is -2.22. The number of rotatable bonds is 7. The monoisotopic (exact) mass is 331 g/mol. The van der Waals surface area contributed by atoms with Crippen LogP contribution >= 0.6 is 0 Å². The van der Waals surface area contributed by atoms with Crippen molar-refractivity contribution in [3.05, 3.63) is 23.8 Å². The SMILES string of the molecule is CCN(CC)c1ccc(NC(=O)CCN2CCCCCC2)c(C)c1. The van der Waals surface area contributed by atoms with Crippen LogP contribution in [-0.2, 0) is 4.79 Å². The molecule has 1 saturated heterocycles. The number of hydrogen-bond acceptors (Lipinski definition) is 3. The van der Waals surface area contributed by atoms with Crippen molar-refractivity contribution < 1.29 is 4.79 Å². The highest BCUT2D eigenvalue weighted by atomic mass is 16.1. The fraction of sp³-hybridized carbons (Fsp3) is 0.650. The third-order valence-electron chi connectivity index (χ3n) is 4.97. The summed E-state index contributed by atoms with van der Waals surface area (Å²) in [6.07, 6.45) is 5.79. The van der Waals surface area contributed by atoms with Gasteiger partial charge in [-0.15, -0.1) is 0 Å². The summed E-state index contributed by atoms with van der Waals surface area (Å²) in [5.74, 6) is 0.123. The van der Waals surface area contributed by atoms with E-state index in [1.165, 1.54) is 31.4 Å². The summed E-state index contributed by atoms with van der Waals surface area (Å²) in [7, 11) is 0. The maximum atomic E-state index is 12.3. The van der Waals surface area contributed by atoms with Gasteiger partial charge in [0.15, 0.2) is 0 Å². The Labute approximate surface area is 147 Å². The molecule has 0 atom stereocenters. The number of anilines is 2. The predicted molar refractivity (Wildman–Crippen MR) is 103 cm³/mol. The summed E-state index contributed by atoms with van der Waals surface area (Å²) >= 11 is 0. The Balaban J connectivity index is 1.86. The van der Waals surface area contributed by atoms with Gasteiger partial charge in [0.05, 0.1) is 0 Å². The summed E-state index contributed by atoms with van der Waals surface area (Å²) in [5.41, 5.74) is 3.29. The van der Waals surface area contributed by atoms with E-state index in [4.69, 9.17) is 0 Å². The number of benzene rings is 1. The zero-order valence-corrected chi connectivity index (χ0v) is 15.6. The van der Waals surface area contributed by atoms with E-state index >= 15 is 0 Å². The summed E-state index contributed by atoms with van der Waals surface area (Å²) < 4.78 is 0. The number of nitrogens with zero attached hydrogens (tertiary/aromatic N) is 2. The molecule has 4 heteroatoms. The smallest absolute Gasteiger partial charge is 0.225 e. The number of likely N-dealkylation sites (tertiary alicyclic amines) is 1. The van der Waals surface area contributed by atoms with Crippen LogP contribution in [0, 0.1) is 6.92 Å². The first-order valence-corrected chi connectivity index (χ1v) is 9.51. The van der Waals surface area contributed by atoms with Crippen LogP contribution in [0.3, 0.4) is 0 Å². The van der Waals surface area contributed by atoms with Crippen LogP contribution in [0.1, 0.15) is 51.5 Å². The number of nitrogens with one attached hydrogen (secondary N) is 1. The molecule has 2 rings (SSSR count). The van der Waals surface area contributed by atoms with Crippen LogP contribution < -0.4 is 10.2 Å². The fourth-order valence-corrected chi connectivity index (χ4v) is 3.41. The summed E-state index contributed by atoms with van der Waals surface area (Å²) in [5, 5.41) is 3.08. The second-order valence-corrected chi connectivity index (χ2v) is 6.73. The minimum Gasteiger partial charge on any atom is -0.372 e. The van der Waals surface area contributed by atoms with Crippen molar-refractivity contribution in [1.82, 2.24) is 4.90 Å². The lowest BCUT2D eigenvalue weighted by molar-refractivity contribution is -0.116. The molecule has 1 aromatic rings. The van der Waals surface area contributed by atoms with Gasteiger partial charge in [0.2, 0.25) is 5.91 Å². The van der Waals surface area contributed by atoms with Gasteiger partial charge in [-0.2, -0.15) is 0 Å². The van der Waals surface area contributed by atoms with Gasteiger partial charge in [0.1, 0.15) is 0 Å². The second-order valence-electron chi connectivity index (χ2n) is 6.73. The molecule has 1 aromatic carbocycles. The molecule has 134 valence electrons.